The van der Waals surface area contributed by atoms with Gasteiger partial charge < -0.3 is 15.0 Å². The molecule has 0 aliphatic rings. The lowest BCUT2D eigenvalue weighted by molar-refractivity contribution is -0.137. The maximum Gasteiger partial charge on any atom is 0.303 e. The molecule has 5 nitrogen and oxygen atoms in total. The summed E-state index contributed by atoms with van der Waals surface area (Å²) in [7, 11) is 1.82. The first-order valence-corrected chi connectivity index (χ1v) is 7.63. The van der Waals surface area contributed by atoms with Gasteiger partial charge in [0.25, 0.3) is 5.91 Å². The van der Waals surface area contributed by atoms with Crippen LogP contribution >= 0.6 is 11.6 Å². The number of carboxylic acid groups (broad SMARTS) is 1. The number of amides is 1. The van der Waals surface area contributed by atoms with Gasteiger partial charge in [-0.25, -0.2) is 0 Å². The summed E-state index contributed by atoms with van der Waals surface area (Å²) in [5.41, 5.74) is 1.37. The molecule has 1 aromatic heterocycles. The van der Waals surface area contributed by atoms with Gasteiger partial charge in [-0.1, -0.05) is 36.2 Å². The van der Waals surface area contributed by atoms with Crippen molar-refractivity contribution in [3.63, 3.8) is 0 Å². The normalized spacial score (nSPS) is 10.8. The van der Waals surface area contributed by atoms with E-state index in [2.05, 4.69) is 5.32 Å². The first kappa shape index (κ1) is 16.4. The predicted octanol–water partition coefficient (Wildman–Crippen LogP) is 3.21. The first-order valence-electron chi connectivity index (χ1n) is 7.25. The van der Waals surface area contributed by atoms with Gasteiger partial charge in [0.2, 0.25) is 0 Å². The molecule has 1 aromatic carbocycles. The molecule has 0 spiro atoms. The van der Waals surface area contributed by atoms with Gasteiger partial charge in [0.1, 0.15) is 5.69 Å². The minimum atomic E-state index is -0.786. The second-order valence-corrected chi connectivity index (χ2v) is 5.58. The van der Waals surface area contributed by atoms with Crippen molar-refractivity contribution < 1.29 is 14.7 Å². The van der Waals surface area contributed by atoms with E-state index in [9.17, 15) is 9.59 Å². The number of hydrogen-bond donors (Lipinski definition) is 2. The van der Waals surface area contributed by atoms with E-state index in [1.807, 2.05) is 31.3 Å². The zero-order chi connectivity index (χ0) is 16.1. The highest BCUT2D eigenvalue weighted by Gasteiger charge is 2.18. The highest BCUT2D eigenvalue weighted by Crippen LogP contribution is 2.29. The molecular formula is C16H19ClN2O3. The van der Waals surface area contributed by atoms with Gasteiger partial charge in [-0.15, -0.1) is 0 Å². The molecule has 0 aliphatic heterocycles. The van der Waals surface area contributed by atoms with Crippen LogP contribution in [0.25, 0.3) is 10.9 Å². The Morgan fingerprint density at radius 1 is 1.23 bits per heavy atom. The van der Waals surface area contributed by atoms with Crippen LogP contribution in [0.1, 0.15) is 36.2 Å². The van der Waals surface area contributed by atoms with E-state index in [1.165, 1.54) is 0 Å². The summed E-state index contributed by atoms with van der Waals surface area (Å²) in [5.74, 6) is -0.992. The molecule has 0 bridgehead atoms. The van der Waals surface area contributed by atoms with Crippen LogP contribution in [0.4, 0.5) is 0 Å². The number of aliphatic carboxylic acids is 1. The highest BCUT2D eigenvalue weighted by atomic mass is 35.5. The number of fused-ring (bicyclic) bond motifs is 1. The molecular weight excluding hydrogens is 304 g/mol. The van der Waals surface area contributed by atoms with E-state index in [-0.39, 0.29) is 12.3 Å². The first-order chi connectivity index (χ1) is 10.5. The van der Waals surface area contributed by atoms with Crippen LogP contribution in [-0.2, 0) is 11.8 Å². The molecule has 1 heterocycles. The Morgan fingerprint density at radius 3 is 2.64 bits per heavy atom. The molecule has 0 saturated carbocycles. The Morgan fingerprint density at radius 2 is 1.95 bits per heavy atom. The van der Waals surface area contributed by atoms with Crippen molar-refractivity contribution in [3.8, 4) is 0 Å². The van der Waals surface area contributed by atoms with Crippen molar-refractivity contribution in [2.45, 2.75) is 25.7 Å². The van der Waals surface area contributed by atoms with Crippen molar-refractivity contribution in [1.82, 2.24) is 9.88 Å². The minimum Gasteiger partial charge on any atom is -0.481 e. The molecule has 0 aliphatic carbocycles. The Kier molecular flexibility index (Phi) is 5.44. The van der Waals surface area contributed by atoms with Crippen LogP contribution in [0, 0.1) is 0 Å². The second-order valence-electron chi connectivity index (χ2n) is 5.20. The van der Waals surface area contributed by atoms with Crippen LogP contribution in [0.3, 0.4) is 0 Å². The quantitative estimate of drug-likeness (QED) is 0.769. The number of nitrogens with zero attached hydrogens (tertiary/aromatic N) is 1. The number of aromatic nitrogens is 1. The van der Waals surface area contributed by atoms with E-state index >= 15 is 0 Å². The number of aryl methyl sites for hydroxylation is 1. The number of rotatable bonds is 7. The zero-order valence-corrected chi connectivity index (χ0v) is 13.2. The number of unbranched alkanes of at least 4 members (excludes halogenated alkanes) is 2. The minimum absolute atomic E-state index is 0.170. The van der Waals surface area contributed by atoms with E-state index < -0.39 is 5.97 Å². The summed E-state index contributed by atoms with van der Waals surface area (Å²) in [4.78, 5) is 22.7. The van der Waals surface area contributed by atoms with Gasteiger partial charge in [-0.05, 0) is 18.9 Å². The largest absolute Gasteiger partial charge is 0.481 e. The van der Waals surface area contributed by atoms with Crippen molar-refractivity contribution >= 4 is 34.4 Å². The van der Waals surface area contributed by atoms with Gasteiger partial charge >= 0.3 is 5.97 Å². The lowest BCUT2D eigenvalue weighted by Gasteiger charge is -2.07. The van der Waals surface area contributed by atoms with Crippen LogP contribution in [-0.4, -0.2) is 28.1 Å². The third-order valence-corrected chi connectivity index (χ3v) is 4.00. The Bertz CT molecular complexity index is 655. The number of halogens is 1. The number of carbonyl (C=O) groups excluding carboxylic acids is 1. The molecule has 0 saturated heterocycles. The fourth-order valence-electron chi connectivity index (χ4n) is 2.46. The summed E-state index contributed by atoms with van der Waals surface area (Å²) < 4.78 is 1.79. The molecule has 0 unspecified atom stereocenters. The van der Waals surface area contributed by atoms with Gasteiger partial charge in [-0.3, -0.25) is 9.59 Å². The van der Waals surface area contributed by atoms with E-state index in [0.717, 1.165) is 23.7 Å². The smallest absolute Gasteiger partial charge is 0.303 e. The molecule has 118 valence electrons. The van der Waals surface area contributed by atoms with Crippen LogP contribution in [0.5, 0.6) is 0 Å². The lowest BCUT2D eigenvalue weighted by Crippen LogP contribution is -2.26. The average Bonchev–Trinajstić information content (AvgIpc) is 2.74. The topological polar surface area (TPSA) is 71.3 Å². The van der Waals surface area contributed by atoms with E-state index in [0.29, 0.717) is 23.7 Å². The van der Waals surface area contributed by atoms with Gasteiger partial charge in [0, 0.05) is 30.9 Å². The van der Waals surface area contributed by atoms with Crippen molar-refractivity contribution in [2.24, 2.45) is 7.05 Å². The third kappa shape index (κ3) is 3.60. The van der Waals surface area contributed by atoms with Gasteiger partial charge in [0.15, 0.2) is 0 Å². The van der Waals surface area contributed by atoms with E-state index in [4.69, 9.17) is 16.7 Å². The Hall–Kier alpha value is -2.01. The maximum atomic E-state index is 12.3. The maximum absolute atomic E-state index is 12.3. The summed E-state index contributed by atoms with van der Waals surface area (Å²) in [6.45, 7) is 0.510. The summed E-state index contributed by atoms with van der Waals surface area (Å²) in [5, 5.41) is 12.7. The average molecular weight is 323 g/mol. The van der Waals surface area contributed by atoms with Crippen molar-refractivity contribution in [3.05, 3.63) is 35.0 Å². The fourth-order valence-corrected chi connectivity index (χ4v) is 2.84. The summed E-state index contributed by atoms with van der Waals surface area (Å²) in [6.07, 6.45) is 2.32. The third-order valence-electron chi connectivity index (χ3n) is 3.61. The van der Waals surface area contributed by atoms with E-state index in [1.54, 1.807) is 4.57 Å². The number of nitrogens with one attached hydrogen (secondary N) is 1. The molecule has 0 radical (unpaired) electrons. The molecule has 22 heavy (non-hydrogen) atoms. The summed E-state index contributed by atoms with van der Waals surface area (Å²) in [6, 6.07) is 7.60. The summed E-state index contributed by atoms with van der Waals surface area (Å²) >= 11 is 6.31. The van der Waals surface area contributed by atoms with Crippen LogP contribution < -0.4 is 5.32 Å². The second kappa shape index (κ2) is 7.31. The van der Waals surface area contributed by atoms with Crippen LogP contribution in [0.2, 0.25) is 5.02 Å². The fraction of sp³-hybridized carbons (Fsp3) is 0.375. The molecule has 0 fully saturated rings. The lowest BCUT2D eigenvalue weighted by atomic mass is 10.2. The number of carboxylic acids is 1. The number of para-hydroxylation sites is 1. The predicted molar refractivity (Wildman–Crippen MR) is 86.4 cm³/mol. The Balaban J connectivity index is 1.94. The SMILES string of the molecule is Cn1c(C(=O)NCCCCCC(=O)O)c(Cl)c2ccccc21. The van der Waals surface area contributed by atoms with Crippen molar-refractivity contribution in [1.29, 1.82) is 0 Å². The molecule has 2 rings (SSSR count). The van der Waals surface area contributed by atoms with Crippen LogP contribution in [0.15, 0.2) is 24.3 Å². The number of benzene rings is 1. The number of hydrogen-bond acceptors (Lipinski definition) is 2. The standard InChI is InChI=1S/C16H19ClN2O3/c1-19-12-8-5-4-7-11(12)14(17)15(19)16(22)18-10-6-2-3-9-13(20)21/h4-5,7-8H,2-3,6,9-10H2,1H3,(H,18,22)(H,20,21). The zero-order valence-electron chi connectivity index (χ0n) is 12.4. The molecule has 0 atom stereocenters. The van der Waals surface area contributed by atoms with Gasteiger partial charge in [0.05, 0.1) is 5.02 Å². The highest BCUT2D eigenvalue weighted by molar-refractivity contribution is 6.38. The molecule has 6 heteroatoms. The van der Waals surface area contributed by atoms with Crippen molar-refractivity contribution in [2.75, 3.05) is 6.54 Å². The van der Waals surface area contributed by atoms with Gasteiger partial charge in [-0.2, -0.15) is 0 Å². The Labute approximate surface area is 133 Å². The molecule has 2 N–H and O–H groups in total. The number of carbonyl (C=O) groups is 2. The molecule has 2 aromatic rings. The molecule has 1 amide bonds. The monoisotopic (exact) mass is 322 g/mol.